The van der Waals surface area contributed by atoms with E-state index in [1.54, 1.807) is 53.4 Å². The number of benzene rings is 2. The highest BCUT2D eigenvalue weighted by molar-refractivity contribution is 7.89. The van der Waals surface area contributed by atoms with Gasteiger partial charge in [0, 0.05) is 32.1 Å². The summed E-state index contributed by atoms with van der Waals surface area (Å²) in [4.78, 5) is 27.1. The molecule has 1 atom stereocenters. The van der Waals surface area contributed by atoms with E-state index in [4.69, 9.17) is 11.6 Å². The summed E-state index contributed by atoms with van der Waals surface area (Å²) in [5.41, 5.74) is 1.62. The van der Waals surface area contributed by atoms with E-state index in [1.165, 1.54) is 4.31 Å². The quantitative estimate of drug-likeness (QED) is 0.720. The molecule has 2 aliphatic heterocycles. The number of sulfonamides is 1. The molecule has 4 rings (SSSR count). The van der Waals surface area contributed by atoms with E-state index in [0.717, 1.165) is 5.56 Å². The number of anilines is 1. The first-order valence-electron chi connectivity index (χ1n) is 10.7. The summed E-state index contributed by atoms with van der Waals surface area (Å²) >= 11 is 6.21. The van der Waals surface area contributed by atoms with Crippen molar-refractivity contribution < 1.29 is 18.0 Å². The highest BCUT2D eigenvalue weighted by Crippen LogP contribution is 2.31. The number of nitrogens with zero attached hydrogens (tertiary/aromatic N) is 2. The maximum atomic E-state index is 12.9. The van der Waals surface area contributed by atoms with Crippen molar-refractivity contribution >= 4 is 39.1 Å². The maximum Gasteiger partial charge on any atom is 0.243 e. The first-order chi connectivity index (χ1) is 15.3. The van der Waals surface area contributed by atoms with E-state index in [0.29, 0.717) is 36.6 Å². The normalized spacial score (nSPS) is 20.5. The number of hydrogen-bond acceptors (Lipinski definition) is 4. The molecule has 2 amide bonds. The van der Waals surface area contributed by atoms with Crippen LogP contribution in [0.1, 0.15) is 24.8 Å². The van der Waals surface area contributed by atoms with Crippen molar-refractivity contribution in [3.8, 4) is 0 Å². The summed E-state index contributed by atoms with van der Waals surface area (Å²) in [6, 6.07) is 13.8. The van der Waals surface area contributed by atoms with Crippen molar-refractivity contribution in [2.75, 3.05) is 24.5 Å². The van der Waals surface area contributed by atoms with Gasteiger partial charge in [-0.15, -0.1) is 0 Å². The van der Waals surface area contributed by atoms with Crippen LogP contribution < -0.4 is 10.2 Å². The fourth-order valence-corrected chi connectivity index (χ4v) is 5.91. The van der Waals surface area contributed by atoms with Crippen LogP contribution in [0.3, 0.4) is 0 Å². The van der Waals surface area contributed by atoms with Crippen molar-refractivity contribution in [1.82, 2.24) is 9.62 Å². The number of amides is 2. The molecule has 0 radical (unpaired) electrons. The minimum absolute atomic E-state index is 0.114. The van der Waals surface area contributed by atoms with Crippen LogP contribution >= 0.6 is 11.6 Å². The van der Waals surface area contributed by atoms with Gasteiger partial charge in [0.15, 0.2) is 0 Å². The molecule has 2 saturated heterocycles. The largest absolute Gasteiger partial charge is 0.353 e. The summed E-state index contributed by atoms with van der Waals surface area (Å²) in [6.07, 6.45) is 1.20. The van der Waals surface area contributed by atoms with Crippen LogP contribution in [0.25, 0.3) is 0 Å². The van der Waals surface area contributed by atoms with Gasteiger partial charge in [-0.2, -0.15) is 4.31 Å². The number of halogens is 1. The first-order valence-corrected chi connectivity index (χ1v) is 12.5. The van der Waals surface area contributed by atoms with E-state index in [9.17, 15) is 18.0 Å². The van der Waals surface area contributed by atoms with Gasteiger partial charge in [0.25, 0.3) is 0 Å². The van der Waals surface area contributed by atoms with Crippen molar-refractivity contribution in [2.45, 2.75) is 37.1 Å². The molecule has 2 aromatic carbocycles. The topological polar surface area (TPSA) is 86.8 Å². The SMILES string of the molecule is Cc1ccc(S(=O)(=O)N2CCC(NC(=O)C3CC(=O)N(c4ccccc4Cl)C3)CC2)cc1. The first kappa shape index (κ1) is 22.8. The predicted molar refractivity (Wildman–Crippen MR) is 123 cm³/mol. The lowest BCUT2D eigenvalue weighted by atomic mass is 10.0. The van der Waals surface area contributed by atoms with Crippen LogP contribution in [0.15, 0.2) is 53.4 Å². The highest BCUT2D eigenvalue weighted by atomic mass is 35.5. The Morgan fingerprint density at radius 3 is 2.38 bits per heavy atom. The lowest BCUT2D eigenvalue weighted by molar-refractivity contribution is -0.127. The van der Waals surface area contributed by atoms with Gasteiger partial charge in [-0.25, -0.2) is 8.42 Å². The number of carbonyl (C=O) groups excluding carboxylic acids is 2. The number of rotatable bonds is 5. The van der Waals surface area contributed by atoms with Gasteiger partial charge in [-0.1, -0.05) is 41.4 Å². The van der Waals surface area contributed by atoms with Crippen molar-refractivity contribution in [1.29, 1.82) is 0 Å². The molecule has 7 nitrogen and oxygen atoms in total. The Hall–Kier alpha value is -2.42. The average Bonchev–Trinajstić information content (AvgIpc) is 3.16. The third-order valence-corrected chi connectivity index (χ3v) is 8.33. The molecular weight excluding hydrogens is 450 g/mol. The van der Waals surface area contributed by atoms with E-state index in [2.05, 4.69) is 5.32 Å². The Balaban J connectivity index is 1.33. The second kappa shape index (κ2) is 9.21. The van der Waals surface area contributed by atoms with Gasteiger partial charge in [0.1, 0.15) is 0 Å². The number of piperidine rings is 1. The monoisotopic (exact) mass is 475 g/mol. The zero-order chi connectivity index (χ0) is 22.9. The van der Waals surface area contributed by atoms with Gasteiger partial charge in [-0.3, -0.25) is 9.59 Å². The van der Waals surface area contributed by atoms with Crippen molar-refractivity contribution in [2.24, 2.45) is 5.92 Å². The zero-order valence-corrected chi connectivity index (χ0v) is 19.4. The van der Waals surface area contributed by atoms with Gasteiger partial charge in [0.05, 0.1) is 21.5 Å². The van der Waals surface area contributed by atoms with Crippen LogP contribution in [0.5, 0.6) is 0 Å². The average molecular weight is 476 g/mol. The van der Waals surface area contributed by atoms with Gasteiger partial charge in [-0.05, 0) is 44.0 Å². The molecule has 2 aliphatic rings. The molecule has 9 heteroatoms. The lowest BCUT2D eigenvalue weighted by Gasteiger charge is -2.32. The summed E-state index contributed by atoms with van der Waals surface area (Å²) in [5, 5.41) is 3.49. The second-order valence-electron chi connectivity index (χ2n) is 8.36. The molecule has 1 unspecified atom stereocenters. The molecule has 170 valence electrons. The molecule has 2 aromatic rings. The minimum Gasteiger partial charge on any atom is -0.353 e. The van der Waals surface area contributed by atoms with Gasteiger partial charge >= 0.3 is 0 Å². The lowest BCUT2D eigenvalue weighted by Crippen LogP contribution is -2.48. The summed E-state index contributed by atoms with van der Waals surface area (Å²) in [6.45, 7) is 2.89. The smallest absolute Gasteiger partial charge is 0.243 e. The van der Waals surface area contributed by atoms with Crippen LogP contribution in [0.4, 0.5) is 5.69 Å². The number of aryl methyl sites for hydroxylation is 1. The van der Waals surface area contributed by atoms with Crippen LogP contribution in [0, 0.1) is 12.8 Å². The standard InChI is InChI=1S/C23H26ClN3O4S/c1-16-6-8-19(9-7-16)32(30,31)26-12-10-18(11-13-26)25-23(29)17-14-22(28)27(15-17)21-5-3-2-4-20(21)24/h2-9,17-18H,10-15H2,1H3,(H,25,29). The zero-order valence-electron chi connectivity index (χ0n) is 17.8. The third kappa shape index (κ3) is 4.67. The summed E-state index contributed by atoms with van der Waals surface area (Å²) in [7, 11) is -3.54. The molecule has 0 bridgehead atoms. The third-order valence-electron chi connectivity index (χ3n) is 6.10. The van der Waals surface area contributed by atoms with Gasteiger partial charge < -0.3 is 10.2 Å². The van der Waals surface area contributed by atoms with Crippen molar-refractivity contribution in [3.05, 3.63) is 59.1 Å². The molecule has 32 heavy (non-hydrogen) atoms. The van der Waals surface area contributed by atoms with E-state index in [1.807, 2.05) is 6.92 Å². The summed E-state index contributed by atoms with van der Waals surface area (Å²) < 4.78 is 27.2. The van der Waals surface area contributed by atoms with E-state index in [-0.39, 0.29) is 35.7 Å². The second-order valence-corrected chi connectivity index (χ2v) is 10.7. The van der Waals surface area contributed by atoms with E-state index >= 15 is 0 Å². The van der Waals surface area contributed by atoms with Crippen LogP contribution in [-0.4, -0.2) is 50.2 Å². The van der Waals surface area contributed by atoms with Crippen LogP contribution in [0.2, 0.25) is 5.02 Å². The molecule has 2 fully saturated rings. The minimum atomic E-state index is -3.54. The fourth-order valence-electron chi connectivity index (χ4n) is 4.21. The Morgan fingerprint density at radius 1 is 1.06 bits per heavy atom. The van der Waals surface area contributed by atoms with Crippen LogP contribution in [-0.2, 0) is 19.6 Å². The number of carbonyl (C=O) groups is 2. The Bertz CT molecular complexity index is 1110. The molecule has 0 aliphatic carbocycles. The molecular formula is C23H26ClN3O4S. The Kier molecular flexibility index (Phi) is 6.55. The molecule has 0 aromatic heterocycles. The number of para-hydroxylation sites is 1. The van der Waals surface area contributed by atoms with Crippen molar-refractivity contribution in [3.63, 3.8) is 0 Å². The fraction of sp³-hybridized carbons (Fsp3) is 0.391. The Morgan fingerprint density at radius 2 is 1.72 bits per heavy atom. The van der Waals surface area contributed by atoms with E-state index < -0.39 is 15.9 Å². The molecule has 2 heterocycles. The number of nitrogens with one attached hydrogen (secondary N) is 1. The van der Waals surface area contributed by atoms with Gasteiger partial charge in [0.2, 0.25) is 21.8 Å². The summed E-state index contributed by atoms with van der Waals surface area (Å²) in [5.74, 6) is -0.752. The Labute approximate surface area is 193 Å². The maximum absolute atomic E-state index is 12.9. The highest BCUT2D eigenvalue weighted by Gasteiger charge is 2.37. The number of hydrogen-bond donors (Lipinski definition) is 1. The molecule has 0 saturated carbocycles. The molecule has 1 N–H and O–H groups in total. The predicted octanol–water partition coefficient (Wildman–Crippen LogP) is 2.97. The molecule has 0 spiro atoms.